The van der Waals surface area contributed by atoms with E-state index in [9.17, 15) is 9.59 Å². The highest BCUT2D eigenvalue weighted by atomic mass is 79.9. The van der Waals surface area contributed by atoms with Crippen LogP contribution in [0.4, 0.5) is 5.69 Å². The summed E-state index contributed by atoms with van der Waals surface area (Å²) in [6.45, 7) is 7.17. The van der Waals surface area contributed by atoms with Crippen molar-refractivity contribution in [2.75, 3.05) is 5.32 Å². The molecule has 0 spiro atoms. The van der Waals surface area contributed by atoms with E-state index in [1.807, 2.05) is 39.0 Å². The van der Waals surface area contributed by atoms with Crippen LogP contribution < -0.4 is 10.6 Å². The normalized spacial score (nSPS) is 12.1. The van der Waals surface area contributed by atoms with Crippen molar-refractivity contribution < 1.29 is 9.59 Å². The first-order valence-electron chi connectivity index (χ1n) is 6.15. The number of carbonyl (C=O) groups is 2. The highest BCUT2D eigenvalue weighted by Gasteiger charge is 2.23. The summed E-state index contributed by atoms with van der Waals surface area (Å²) in [5.74, 6) is -0.403. The lowest BCUT2D eigenvalue weighted by molar-refractivity contribution is -0.126. The van der Waals surface area contributed by atoms with Crippen LogP contribution in [0.5, 0.6) is 0 Å². The van der Waals surface area contributed by atoms with Gasteiger partial charge >= 0.3 is 0 Å². The zero-order valence-corrected chi connectivity index (χ0v) is 13.2. The monoisotopic (exact) mass is 326 g/mol. The summed E-state index contributed by atoms with van der Waals surface area (Å²) in [5.41, 5.74) is 1.80. The van der Waals surface area contributed by atoms with Crippen molar-refractivity contribution in [2.45, 2.75) is 33.7 Å². The number of carbonyl (C=O) groups excluding carboxylic acids is 2. The molecule has 0 heterocycles. The number of anilines is 1. The number of amides is 2. The Morgan fingerprint density at radius 2 is 1.89 bits per heavy atom. The van der Waals surface area contributed by atoms with Crippen molar-refractivity contribution in [1.82, 2.24) is 5.32 Å². The van der Waals surface area contributed by atoms with Gasteiger partial charge in [-0.05, 0) is 46.5 Å². The first kappa shape index (κ1) is 15.7. The molecule has 0 saturated heterocycles. The highest BCUT2D eigenvalue weighted by molar-refractivity contribution is 9.10. The Morgan fingerprint density at radius 1 is 1.26 bits per heavy atom. The van der Waals surface area contributed by atoms with Crippen LogP contribution in [0.15, 0.2) is 22.7 Å². The van der Waals surface area contributed by atoms with Crippen LogP contribution in [-0.2, 0) is 9.59 Å². The summed E-state index contributed by atoms with van der Waals surface area (Å²) in [4.78, 5) is 23.3. The van der Waals surface area contributed by atoms with Crippen molar-refractivity contribution in [1.29, 1.82) is 0 Å². The molecule has 0 fully saturated rings. The third-order valence-electron chi connectivity index (χ3n) is 2.69. The molecule has 0 aliphatic rings. The van der Waals surface area contributed by atoms with Gasteiger partial charge in [0.1, 0.15) is 6.04 Å². The van der Waals surface area contributed by atoms with Crippen LogP contribution in [0.3, 0.4) is 0 Å². The number of nitrogens with one attached hydrogen (secondary N) is 2. The first-order chi connectivity index (χ1) is 8.81. The molecular formula is C14H19BrN2O2. The van der Waals surface area contributed by atoms with Crippen LogP contribution in [0.2, 0.25) is 0 Å². The van der Waals surface area contributed by atoms with E-state index in [4.69, 9.17) is 0 Å². The molecule has 0 aliphatic heterocycles. The SMILES string of the molecule is CC(=O)N[C@H](C(=O)Nc1ccc(C)cc1Br)C(C)C. The zero-order valence-electron chi connectivity index (χ0n) is 11.6. The Hall–Kier alpha value is -1.36. The number of hydrogen-bond donors (Lipinski definition) is 2. The number of aryl methyl sites for hydroxylation is 1. The fraction of sp³-hybridized carbons (Fsp3) is 0.429. The molecular weight excluding hydrogens is 308 g/mol. The minimum absolute atomic E-state index is 0.0214. The van der Waals surface area contributed by atoms with Crippen molar-refractivity contribution in [3.05, 3.63) is 28.2 Å². The number of rotatable bonds is 4. The molecule has 4 nitrogen and oxygen atoms in total. The smallest absolute Gasteiger partial charge is 0.247 e. The Balaban J connectivity index is 2.84. The molecule has 1 atom stereocenters. The van der Waals surface area contributed by atoms with Gasteiger partial charge in [-0.1, -0.05) is 19.9 Å². The number of benzene rings is 1. The third-order valence-corrected chi connectivity index (χ3v) is 3.35. The van der Waals surface area contributed by atoms with Gasteiger partial charge in [0.05, 0.1) is 5.69 Å². The van der Waals surface area contributed by atoms with E-state index in [1.54, 1.807) is 0 Å². The molecule has 0 saturated carbocycles. The van der Waals surface area contributed by atoms with E-state index in [-0.39, 0.29) is 17.7 Å². The molecule has 1 aromatic carbocycles. The number of halogens is 1. The lowest BCUT2D eigenvalue weighted by Gasteiger charge is -2.21. The summed E-state index contributed by atoms with van der Waals surface area (Å²) in [7, 11) is 0. The second kappa shape index (κ2) is 6.70. The summed E-state index contributed by atoms with van der Waals surface area (Å²) in [6, 6.07) is 5.15. The maximum absolute atomic E-state index is 12.2. The Labute approximate surface area is 122 Å². The summed E-state index contributed by atoms with van der Waals surface area (Å²) >= 11 is 3.41. The lowest BCUT2D eigenvalue weighted by atomic mass is 10.0. The van der Waals surface area contributed by atoms with Gasteiger partial charge < -0.3 is 10.6 Å². The van der Waals surface area contributed by atoms with Crippen LogP contribution in [0.25, 0.3) is 0 Å². The fourth-order valence-electron chi connectivity index (χ4n) is 1.69. The molecule has 0 bridgehead atoms. The first-order valence-corrected chi connectivity index (χ1v) is 6.94. The van der Waals surface area contributed by atoms with Gasteiger partial charge in [-0.25, -0.2) is 0 Å². The van der Waals surface area contributed by atoms with E-state index in [1.165, 1.54) is 6.92 Å². The summed E-state index contributed by atoms with van der Waals surface area (Å²) < 4.78 is 0.825. The molecule has 19 heavy (non-hydrogen) atoms. The molecule has 0 radical (unpaired) electrons. The average molecular weight is 327 g/mol. The lowest BCUT2D eigenvalue weighted by Crippen LogP contribution is -2.46. The van der Waals surface area contributed by atoms with Crippen LogP contribution in [0, 0.1) is 12.8 Å². The summed E-state index contributed by atoms with van der Waals surface area (Å²) in [6.07, 6.45) is 0. The second-order valence-corrected chi connectivity index (χ2v) is 5.75. The molecule has 1 rings (SSSR count). The molecule has 0 unspecified atom stereocenters. The van der Waals surface area contributed by atoms with Gasteiger partial charge in [0.2, 0.25) is 11.8 Å². The van der Waals surface area contributed by atoms with E-state index in [0.717, 1.165) is 10.0 Å². The minimum Gasteiger partial charge on any atom is -0.344 e. The van der Waals surface area contributed by atoms with Crippen LogP contribution in [0.1, 0.15) is 26.3 Å². The molecule has 1 aromatic rings. The van der Waals surface area contributed by atoms with E-state index in [0.29, 0.717) is 5.69 Å². The average Bonchev–Trinajstić information content (AvgIpc) is 2.29. The number of hydrogen-bond acceptors (Lipinski definition) is 2. The van der Waals surface area contributed by atoms with Crippen molar-refractivity contribution in [3.8, 4) is 0 Å². The maximum Gasteiger partial charge on any atom is 0.247 e. The van der Waals surface area contributed by atoms with E-state index >= 15 is 0 Å². The van der Waals surface area contributed by atoms with E-state index < -0.39 is 6.04 Å². The fourth-order valence-corrected chi connectivity index (χ4v) is 2.28. The molecule has 2 N–H and O–H groups in total. The van der Waals surface area contributed by atoms with Gasteiger partial charge in [0, 0.05) is 11.4 Å². The van der Waals surface area contributed by atoms with Crippen molar-refractivity contribution in [3.63, 3.8) is 0 Å². The van der Waals surface area contributed by atoms with Gasteiger partial charge in [0.15, 0.2) is 0 Å². The topological polar surface area (TPSA) is 58.2 Å². The third kappa shape index (κ3) is 4.67. The van der Waals surface area contributed by atoms with Gasteiger partial charge in [-0.15, -0.1) is 0 Å². The molecule has 0 aliphatic carbocycles. The minimum atomic E-state index is -0.536. The van der Waals surface area contributed by atoms with Gasteiger partial charge in [-0.3, -0.25) is 9.59 Å². The van der Waals surface area contributed by atoms with Crippen molar-refractivity contribution in [2.24, 2.45) is 5.92 Å². The van der Waals surface area contributed by atoms with E-state index in [2.05, 4.69) is 26.6 Å². The highest BCUT2D eigenvalue weighted by Crippen LogP contribution is 2.23. The predicted octanol–water partition coefficient (Wildman–Crippen LogP) is 2.86. The van der Waals surface area contributed by atoms with Gasteiger partial charge in [-0.2, -0.15) is 0 Å². The molecule has 104 valence electrons. The summed E-state index contributed by atoms with van der Waals surface area (Å²) in [5, 5.41) is 5.49. The maximum atomic E-state index is 12.2. The zero-order chi connectivity index (χ0) is 14.6. The second-order valence-electron chi connectivity index (χ2n) is 4.89. The van der Waals surface area contributed by atoms with Crippen LogP contribution >= 0.6 is 15.9 Å². The van der Waals surface area contributed by atoms with Crippen molar-refractivity contribution >= 4 is 33.4 Å². The molecule has 2 amide bonds. The molecule has 5 heteroatoms. The van der Waals surface area contributed by atoms with Crippen LogP contribution in [-0.4, -0.2) is 17.9 Å². The standard InChI is InChI=1S/C14H19BrN2O2/c1-8(2)13(16-10(4)18)14(19)17-12-6-5-9(3)7-11(12)15/h5-8,13H,1-4H3,(H,16,18)(H,17,19)/t13-/m0/s1. The Bertz CT molecular complexity index is 486. The predicted molar refractivity (Wildman–Crippen MR) is 80.0 cm³/mol. The Morgan fingerprint density at radius 3 is 2.37 bits per heavy atom. The Kier molecular flexibility index (Phi) is 5.54. The quantitative estimate of drug-likeness (QED) is 0.893. The largest absolute Gasteiger partial charge is 0.344 e. The molecule has 0 aromatic heterocycles. The van der Waals surface area contributed by atoms with Gasteiger partial charge in [0.25, 0.3) is 0 Å².